The summed E-state index contributed by atoms with van der Waals surface area (Å²) in [5, 5.41) is 2.50. The molecule has 1 aliphatic rings. The third kappa shape index (κ3) is 2.34. The maximum atomic E-state index is 12.4. The number of alkyl halides is 3. The van der Waals surface area contributed by atoms with Gasteiger partial charge in [-0.15, -0.1) is 0 Å². The molecule has 2 rings (SSSR count). The van der Waals surface area contributed by atoms with Crippen molar-refractivity contribution in [3.8, 4) is 0 Å². The van der Waals surface area contributed by atoms with E-state index in [0.717, 1.165) is 15.6 Å². The minimum Gasteiger partial charge on any atom is -0.302 e. The van der Waals surface area contributed by atoms with Crippen molar-refractivity contribution in [3.05, 3.63) is 33.8 Å². The van der Waals surface area contributed by atoms with Crippen molar-refractivity contribution in [2.24, 2.45) is 0 Å². The van der Waals surface area contributed by atoms with Crippen LogP contribution in [0.15, 0.2) is 22.7 Å². The predicted molar refractivity (Wildman–Crippen MR) is 54.5 cm³/mol. The Balaban J connectivity index is 2.24. The third-order valence-electron chi connectivity index (χ3n) is 2.53. The highest BCUT2D eigenvalue weighted by molar-refractivity contribution is 9.10. The second kappa shape index (κ2) is 3.79. The largest absolute Gasteiger partial charge is 0.404 e. The number of hydrogen-bond donors (Lipinski definition) is 1. The number of halogens is 4. The second-order valence-electron chi connectivity index (χ2n) is 3.59. The highest BCUT2D eigenvalue weighted by Gasteiger charge is 2.41. The lowest BCUT2D eigenvalue weighted by molar-refractivity contribution is -0.157. The summed E-state index contributed by atoms with van der Waals surface area (Å²) in [5.74, 6) is 0. The van der Waals surface area contributed by atoms with E-state index >= 15 is 0 Å². The van der Waals surface area contributed by atoms with Crippen LogP contribution in [0.1, 0.15) is 11.1 Å². The Kier molecular flexibility index (Phi) is 2.77. The van der Waals surface area contributed by atoms with Crippen LogP contribution in [0.5, 0.6) is 0 Å². The normalized spacial score (nSPS) is 21.2. The van der Waals surface area contributed by atoms with Gasteiger partial charge in [-0.2, -0.15) is 13.2 Å². The van der Waals surface area contributed by atoms with Gasteiger partial charge >= 0.3 is 6.18 Å². The molecular formula is C10H9BrF3N. The van der Waals surface area contributed by atoms with Crippen LogP contribution in [0, 0.1) is 0 Å². The summed E-state index contributed by atoms with van der Waals surface area (Å²) in [5.41, 5.74) is 1.71. The number of nitrogens with one attached hydrogen (secondary N) is 1. The Labute approximate surface area is 93.8 Å². The minimum absolute atomic E-state index is 0.0200. The topological polar surface area (TPSA) is 12.0 Å². The summed E-state index contributed by atoms with van der Waals surface area (Å²) in [7, 11) is 0. The van der Waals surface area contributed by atoms with E-state index in [4.69, 9.17) is 0 Å². The van der Waals surface area contributed by atoms with Crippen LogP contribution in [0.25, 0.3) is 0 Å². The molecule has 0 fully saturated rings. The molecule has 1 aromatic rings. The van der Waals surface area contributed by atoms with Crippen LogP contribution < -0.4 is 5.32 Å². The van der Waals surface area contributed by atoms with Gasteiger partial charge in [0.05, 0.1) is 0 Å². The van der Waals surface area contributed by atoms with Crippen LogP contribution >= 0.6 is 15.9 Å². The first kappa shape index (κ1) is 11.0. The molecule has 0 bridgehead atoms. The van der Waals surface area contributed by atoms with E-state index in [0.29, 0.717) is 0 Å². The molecule has 1 aliphatic heterocycles. The molecule has 0 aromatic heterocycles. The molecule has 15 heavy (non-hydrogen) atoms. The molecule has 1 N–H and O–H groups in total. The van der Waals surface area contributed by atoms with Crippen molar-refractivity contribution in [2.45, 2.75) is 25.2 Å². The summed E-state index contributed by atoms with van der Waals surface area (Å²) >= 11 is 3.29. The Morgan fingerprint density at radius 2 is 2.00 bits per heavy atom. The van der Waals surface area contributed by atoms with E-state index in [1.54, 1.807) is 12.1 Å². The van der Waals surface area contributed by atoms with Crippen LogP contribution in [0.2, 0.25) is 0 Å². The van der Waals surface area contributed by atoms with Gasteiger partial charge in [0, 0.05) is 11.0 Å². The molecule has 1 heterocycles. The monoisotopic (exact) mass is 279 g/mol. The molecule has 0 aliphatic carbocycles. The van der Waals surface area contributed by atoms with Crippen molar-refractivity contribution in [1.29, 1.82) is 0 Å². The Morgan fingerprint density at radius 1 is 1.27 bits per heavy atom. The first-order valence-electron chi connectivity index (χ1n) is 4.54. The molecule has 0 saturated heterocycles. The van der Waals surface area contributed by atoms with E-state index in [-0.39, 0.29) is 13.0 Å². The molecule has 0 amide bonds. The van der Waals surface area contributed by atoms with Gasteiger partial charge in [0.25, 0.3) is 0 Å². The van der Waals surface area contributed by atoms with E-state index in [1.165, 1.54) is 0 Å². The molecule has 0 unspecified atom stereocenters. The van der Waals surface area contributed by atoms with E-state index in [1.807, 2.05) is 6.07 Å². The lowest BCUT2D eigenvalue weighted by Crippen LogP contribution is -2.46. The fourth-order valence-corrected chi connectivity index (χ4v) is 2.12. The average molecular weight is 280 g/mol. The summed E-state index contributed by atoms with van der Waals surface area (Å²) in [6, 6.07) is 3.97. The van der Waals surface area contributed by atoms with Crippen molar-refractivity contribution in [2.75, 3.05) is 0 Å². The van der Waals surface area contributed by atoms with Gasteiger partial charge in [-0.1, -0.05) is 22.0 Å². The lowest BCUT2D eigenvalue weighted by atomic mass is 9.96. The Hall–Kier alpha value is -0.550. The zero-order valence-corrected chi connectivity index (χ0v) is 9.32. The van der Waals surface area contributed by atoms with Crippen LogP contribution in [0.4, 0.5) is 13.2 Å². The fraction of sp³-hybridized carbons (Fsp3) is 0.400. The Bertz CT molecular complexity index is 375. The zero-order valence-electron chi connectivity index (χ0n) is 7.74. The standard InChI is InChI=1S/C10H9BrF3N/c11-8-2-1-6-4-9(10(12,13)14)15-5-7(6)3-8/h1-3,9,15H,4-5H2/t9-/m0/s1. The van der Waals surface area contributed by atoms with Gasteiger partial charge < -0.3 is 5.32 Å². The van der Waals surface area contributed by atoms with Gasteiger partial charge in [-0.05, 0) is 29.7 Å². The molecule has 0 radical (unpaired) electrons. The van der Waals surface area contributed by atoms with Gasteiger partial charge in [0.1, 0.15) is 6.04 Å². The smallest absolute Gasteiger partial charge is 0.302 e. The maximum Gasteiger partial charge on any atom is 0.404 e. The van der Waals surface area contributed by atoms with E-state index in [2.05, 4.69) is 21.2 Å². The molecule has 82 valence electrons. The quantitative estimate of drug-likeness (QED) is 0.770. The number of hydrogen-bond acceptors (Lipinski definition) is 1. The van der Waals surface area contributed by atoms with Crippen molar-refractivity contribution >= 4 is 15.9 Å². The average Bonchev–Trinajstić information content (AvgIpc) is 2.15. The van der Waals surface area contributed by atoms with E-state index < -0.39 is 12.2 Å². The number of fused-ring (bicyclic) bond motifs is 1. The van der Waals surface area contributed by atoms with Gasteiger partial charge in [-0.3, -0.25) is 0 Å². The first-order chi connectivity index (χ1) is 6.97. The first-order valence-corrected chi connectivity index (χ1v) is 5.33. The summed E-state index contributed by atoms with van der Waals surface area (Å²) in [6.45, 7) is 0.277. The molecule has 0 saturated carbocycles. The van der Waals surface area contributed by atoms with Crippen molar-refractivity contribution in [1.82, 2.24) is 5.32 Å². The Morgan fingerprint density at radius 3 is 2.67 bits per heavy atom. The zero-order chi connectivity index (χ0) is 11.1. The second-order valence-corrected chi connectivity index (χ2v) is 4.51. The fourth-order valence-electron chi connectivity index (χ4n) is 1.71. The van der Waals surface area contributed by atoms with Gasteiger partial charge in [-0.25, -0.2) is 0 Å². The minimum atomic E-state index is -4.16. The molecule has 1 atom stereocenters. The maximum absolute atomic E-state index is 12.4. The van der Waals surface area contributed by atoms with Crippen molar-refractivity contribution in [3.63, 3.8) is 0 Å². The van der Waals surface area contributed by atoms with Crippen LogP contribution in [0.3, 0.4) is 0 Å². The molecule has 5 heteroatoms. The van der Waals surface area contributed by atoms with Gasteiger partial charge in [0.15, 0.2) is 0 Å². The predicted octanol–water partition coefficient (Wildman–Crippen LogP) is 3.03. The van der Waals surface area contributed by atoms with Crippen molar-refractivity contribution < 1.29 is 13.2 Å². The SMILES string of the molecule is FC(F)(F)[C@@H]1Cc2ccc(Br)cc2CN1. The lowest BCUT2D eigenvalue weighted by Gasteiger charge is -2.27. The summed E-state index contributed by atoms with van der Waals surface area (Å²) in [4.78, 5) is 0. The molecule has 1 aromatic carbocycles. The molecular weight excluding hydrogens is 271 g/mol. The number of benzene rings is 1. The van der Waals surface area contributed by atoms with E-state index in [9.17, 15) is 13.2 Å². The number of rotatable bonds is 0. The highest BCUT2D eigenvalue weighted by Crippen LogP contribution is 2.29. The van der Waals surface area contributed by atoms with Crippen LogP contribution in [-0.4, -0.2) is 12.2 Å². The molecule has 1 nitrogen and oxygen atoms in total. The highest BCUT2D eigenvalue weighted by atomic mass is 79.9. The third-order valence-corrected chi connectivity index (χ3v) is 3.02. The van der Waals surface area contributed by atoms with Gasteiger partial charge in [0.2, 0.25) is 0 Å². The summed E-state index contributed by atoms with van der Waals surface area (Å²) in [6.07, 6.45) is -4.14. The summed E-state index contributed by atoms with van der Waals surface area (Å²) < 4.78 is 38.2. The van der Waals surface area contributed by atoms with Crippen LogP contribution in [-0.2, 0) is 13.0 Å². The molecule has 0 spiro atoms.